The van der Waals surface area contributed by atoms with Crippen LogP contribution in [0.5, 0.6) is 0 Å². The van der Waals surface area contributed by atoms with E-state index in [0.29, 0.717) is 4.90 Å². The third-order valence-electron chi connectivity index (χ3n) is 2.70. The van der Waals surface area contributed by atoms with Gasteiger partial charge in [-0.2, -0.15) is 4.90 Å². The molecule has 1 aromatic rings. The fourth-order valence-corrected chi connectivity index (χ4v) is 2.31. The number of amides is 2. The first-order valence-corrected chi connectivity index (χ1v) is 9.13. The Balaban J connectivity index is 3.32. The summed E-state index contributed by atoms with van der Waals surface area (Å²) in [5.74, 6) is -0.634. The van der Waals surface area contributed by atoms with Gasteiger partial charge in [-0.05, 0) is 70.5 Å². The quantitative estimate of drug-likeness (QED) is 0.492. The molecule has 0 aliphatic heterocycles. The lowest BCUT2D eigenvalue weighted by Crippen LogP contribution is -2.44. The van der Waals surface area contributed by atoms with E-state index in [1.165, 1.54) is 12.3 Å². The largest absolute Gasteiger partial charge is 0.462 e. The number of ether oxygens (including phenoxy) is 3. The van der Waals surface area contributed by atoms with Crippen LogP contribution in [0, 0.1) is 0 Å². The van der Waals surface area contributed by atoms with Gasteiger partial charge in [0, 0.05) is 6.20 Å². The van der Waals surface area contributed by atoms with Gasteiger partial charge in [0.1, 0.15) is 11.2 Å². The fraction of sp³-hybridized carbons (Fsp3) is 0.556. The summed E-state index contributed by atoms with van der Waals surface area (Å²) in [5, 5.41) is 0. The summed E-state index contributed by atoms with van der Waals surface area (Å²) in [7, 11) is 0. The molecule has 9 heteroatoms. The SMILES string of the molecule is CCOC(=O)c1cnc(N(C(=O)OC(C)(C)C)C(=O)OC(C)(C)C)c(Br)c1. The standard InChI is InChI=1S/C18H25BrN2O6/c1-8-25-14(22)11-9-12(19)13(20-10-11)21(15(23)26-17(2,3)4)16(24)27-18(5,6)7/h9-10H,8H2,1-7H3. The Kier molecular flexibility index (Phi) is 7.36. The molecule has 0 atom stereocenters. The van der Waals surface area contributed by atoms with Crippen molar-refractivity contribution in [3.63, 3.8) is 0 Å². The summed E-state index contributed by atoms with van der Waals surface area (Å²) >= 11 is 3.24. The van der Waals surface area contributed by atoms with Crippen molar-refractivity contribution in [2.75, 3.05) is 11.5 Å². The Morgan fingerprint density at radius 3 is 1.89 bits per heavy atom. The van der Waals surface area contributed by atoms with Gasteiger partial charge in [0.2, 0.25) is 0 Å². The van der Waals surface area contributed by atoms with Crippen molar-refractivity contribution in [2.24, 2.45) is 0 Å². The summed E-state index contributed by atoms with van der Waals surface area (Å²) in [6, 6.07) is 1.40. The maximum atomic E-state index is 12.6. The second kappa shape index (κ2) is 8.69. The van der Waals surface area contributed by atoms with Crippen LogP contribution in [0.25, 0.3) is 0 Å². The smallest absolute Gasteiger partial charge is 0.425 e. The highest BCUT2D eigenvalue weighted by Gasteiger charge is 2.35. The molecule has 2 amide bonds. The molecule has 0 bridgehead atoms. The van der Waals surface area contributed by atoms with Gasteiger partial charge in [-0.25, -0.2) is 19.4 Å². The van der Waals surface area contributed by atoms with Gasteiger partial charge in [0.05, 0.1) is 16.6 Å². The van der Waals surface area contributed by atoms with Crippen molar-refractivity contribution in [3.8, 4) is 0 Å². The maximum absolute atomic E-state index is 12.6. The molecular weight excluding hydrogens is 420 g/mol. The molecule has 0 N–H and O–H groups in total. The number of esters is 1. The summed E-state index contributed by atoms with van der Waals surface area (Å²) < 4.78 is 15.7. The lowest BCUT2D eigenvalue weighted by Gasteiger charge is -2.28. The summed E-state index contributed by atoms with van der Waals surface area (Å²) in [5.41, 5.74) is -1.51. The number of rotatable bonds is 3. The number of hydrogen-bond donors (Lipinski definition) is 0. The lowest BCUT2D eigenvalue weighted by atomic mass is 10.2. The Morgan fingerprint density at radius 1 is 1.04 bits per heavy atom. The minimum Gasteiger partial charge on any atom is -0.462 e. The number of carbonyl (C=O) groups excluding carboxylic acids is 3. The highest BCUT2D eigenvalue weighted by Crippen LogP contribution is 2.28. The number of carbonyl (C=O) groups is 3. The number of imide groups is 1. The molecule has 0 aliphatic carbocycles. The Labute approximate surface area is 167 Å². The van der Waals surface area contributed by atoms with Crippen molar-refractivity contribution in [2.45, 2.75) is 59.7 Å². The van der Waals surface area contributed by atoms with Crippen LogP contribution in [-0.2, 0) is 14.2 Å². The highest BCUT2D eigenvalue weighted by molar-refractivity contribution is 9.10. The molecule has 1 aromatic heterocycles. The Hall–Kier alpha value is -2.16. The molecule has 0 unspecified atom stereocenters. The first-order valence-electron chi connectivity index (χ1n) is 8.34. The van der Waals surface area contributed by atoms with Gasteiger partial charge < -0.3 is 14.2 Å². The summed E-state index contributed by atoms with van der Waals surface area (Å²) in [6.07, 6.45) is -0.692. The Morgan fingerprint density at radius 2 is 1.52 bits per heavy atom. The van der Waals surface area contributed by atoms with E-state index in [4.69, 9.17) is 14.2 Å². The molecular formula is C18H25BrN2O6. The number of aromatic nitrogens is 1. The van der Waals surface area contributed by atoms with Crippen LogP contribution in [0.3, 0.4) is 0 Å². The predicted molar refractivity (Wildman–Crippen MR) is 103 cm³/mol. The van der Waals surface area contributed by atoms with Crippen molar-refractivity contribution in [1.82, 2.24) is 4.98 Å². The molecule has 8 nitrogen and oxygen atoms in total. The van der Waals surface area contributed by atoms with Crippen LogP contribution in [0.4, 0.5) is 15.4 Å². The molecule has 0 fully saturated rings. The van der Waals surface area contributed by atoms with Gasteiger partial charge in [0.25, 0.3) is 0 Å². The monoisotopic (exact) mass is 444 g/mol. The van der Waals surface area contributed by atoms with Crippen LogP contribution in [0.1, 0.15) is 58.8 Å². The highest BCUT2D eigenvalue weighted by atomic mass is 79.9. The van der Waals surface area contributed by atoms with Crippen LogP contribution in [0.2, 0.25) is 0 Å². The molecule has 1 heterocycles. The van der Waals surface area contributed by atoms with Crippen molar-refractivity contribution < 1.29 is 28.6 Å². The first-order chi connectivity index (χ1) is 12.2. The maximum Gasteiger partial charge on any atom is 0.425 e. The number of halogens is 1. The topological polar surface area (TPSA) is 95.0 Å². The minimum absolute atomic E-state index is 0.0634. The molecule has 0 spiro atoms. The minimum atomic E-state index is -0.950. The molecule has 0 radical (unpaired) electrons. The summed E-state index contributed by atoms with van der Waals surface area (Å²) in [4.78, 5) is 41.8. The van der Waals surface area contributed by atoms with Gasteiger partial charge >= 0.3 is 18.2 Å². The normalized spacial score (nSPS) is 11.6. The zero-order chi connectivity index (χ0) is 21.0. The molecule has 0 saturated carbocycles. The van der Waals surface area contributed by atoms with E-state index in [9.17, 15) is 14.4 Å². The van der Waals surface area contributed by atoms with Crippen LogP contribution >= 0.6 is 15.9 Å². The molecule has 0 saturated heterocycles. The molecule has 150 valence electrons. The van der Waals surface area contributed by atoms with Gasteiger partial charge in [-0.15, -0.1) is 0 Å². The first kappa shape index (κ1) is 22.9. The van der Waals surface area contributed by atoms with E-state index in [1.54, 1.807) is 48.5 Å². The van der Waals surface area contributed by atoms with Crippen LogP contribution in [-0.4, -0.2) is 40.9 Å². The summed E-state index contributed by atoms with van der Waals surface area (Å²) in [6.45, 7) is 11.9. The lowest BCUT2D eigenvalue weighted by molar-refractivity contribution is 0.0427. The van der Waals surface area contributed by atoms with E-state index < -0.39 is 29.4 Å². The number of anilines is 1. The number of pyridine rings is 1. The average Bonchev–Trinajstić information content (AvgIpc) is 2.45. The average molecular weight is 445 g/mol. The van der Waals surface area contributed by atoms with E-state index in [-0.39, 0.29) is 22.5 Å². The molecule has 0 aromatic carbocycles. The zero-order valence-corrected chi connectivity index (χ0v) is 18.2. The number of hydrogen-bond acceptors (Lipinski definition) is 7. The predicted octanol–water partition coefficient (Wildman–Crippen LogP) is 4.70. The second-order valence-corrected chi connectivity index (χ2v) is 8.40. The van der Waals surface area contributed by atoms with Crippen molar-refractivity contribution in [1.29, 1.82) is 0 Å². The third kappa shape index (κ3) is 7.16. The molecule has 27 heavy (non-hydrogen) atoms. The molecule has 1 rings (SSSR count). The Bertz CT molecular complexity index is 694. The van der Waals surface area contributed by atoms with Crippen molar-refractivity contribution in [3.05, 3.63) is 22.3 Å². The second-order valence-electron chi connectivity index (χ2n) is 7.55. The van der Waals surface area contributed by atoms with E-state index in [1.807, 2.05) is 0 Å². The molecule has 0 aliphatic rings. The van der Waals surface area contributed by atoms with E-state index in [2.05, 4.69) is 20.9 Å². The van der Waals surface area contributed by atoms with Gasteiger partial charge in [-0.1, -0.05) is 0 Å². The van der Waals surface area contributed by atoms with Crippen LogP contribution in [0.15, 0.2) is 16.7 Å². The fourth-order valence-electron chi connectivity index (χ4n) is 1.78. The van der Waals surface area contributed by atoms with E-state index >= 15 is 0 Å². The van der Waals surface area contributed by atoms with E-state index in [0.717, 1.165) is 0 Å². The number of nitrogens with zero attached hydrogens (tertiary/aromatic N) is 2. The van der Waals surface area contributed by atoms with Crippen LogP contribution < -0.4 is 4.90 Å². The van der Waals surface area contributed by atoms with Gasteiger partial charge in [0.15, 0.2) is 5.82 Å². The van der Waals surface area contributed by atoms with Gasteiger partial charge in [-0.3, -0.25) is 0 Å². The zero-order valence-electron chi connectivity index (χ0n) is 16.6. The van der Waals surface area contributed by atoms with Crippen molar-refractivity contribution >= 4 is 39.9 Å². The third-order valence-corrected chi connectivity index (χ3v) is 3.28.